The molecular weight excluding hydrogens is 384 g/mol. The molecule has 0 saturated carbocycles. The lowest BCUT2D eigenvalue weighted by Crippen LogP contribution is -2.19. The number of rotatable bonds is 6. The van der Waals surface area contributed by atoms with Crippen molar-refractivity contribution in [1.82, 2.24) is 14.8 Å². The number of nitrogens with zero attached hydrogens (tertiary/aromatic N) is 2. The Bertz CT molecular complexity index is 1060. The van der Waals surface area contributed by atoms with Gasteiger partial charge in [-0.3, -0.25) is 4.79 Å². The summed E-state index contributed by atoms with van der Waals surface area (Å²) in [6.45, 7) is 10.2. The Morgan fingerprint density at radius 3 is 2.34 bits per heavy atom. The number of thioether (sulfide) groups is 1. The van der Waals surface area contributed by atoms with Crippen molar-refractivity contribution in [3.8, 4) is 5.69 Å². The van der Waals surface area contributed by atoms with Crippen molar-refractivity contribution in [3.63, 3.8) is 0 Å². The zero-order chi connectivity index (χ0) is 21.1. The molecule has 0 fully saturated rings. The van der Waals surface area contributed by atoms with Gasteiger partial charge in [-0.15, -0.1) is 5.10 Å². The fourth-order valence-electron chi connectivity index (χ4n) is 3.38. The summed E-state index contributed by atoms with van der Waals surface area (Å²) in [5, 5.41) is 9.97. The number of hydrogen-bond donors (Lipinski definition) is 2. The van der Waals surface area contributed by atoms with Crippen molar-refractivity contribution in [2.24, 2.45) is 0 Å². The van der Waals surface area contributed by atoms with Crippen LogP contribution in [0.1, 0.15) is 42.0 Å². The highest BCUT2D eigenvalue weighted by molar-refractivity contribution is 7.99. The largest absolute Gasteiger partial charge is 0.348 e. The minimum atomic E-state index is -0.313. The van der Waals surface area contributed by atoms with Crippen LogP contribution in [0.4, 0.5) is 5.69 Å². The highest BCUT2D eigenvalue weighted by atomic mass is 32.2. The molecule has 7 heteroatoms. The zero-order valence-electron chi connectivity index (χ0n) is 17.4. The fraction of sp³-hybridized carbons (Fsp3) is 0.318. The average molecular weight is 411 g/mol. The van der Waals surface area contributed by atoms with Crippen LogP contribution in [-0.2, 0) is 4.79 Å². The van der Waals surface area contributed by atoms with Crippen LogP contribution in [0.2, 0.25) is 0 Å². The van der Waals surface area contributed by atoms with E-state index < -0.39 is 0 Å². The maximum absolute atomic E-state index is 12.4. The summed E-state index contributed by atoms with van der Waals surface area (Å²) in [7, 11) is 0. The second-order valence-electron chi connectivity index (χ2n) is 7.51. The molecule has 1 amide bonds. The Hall–Kier alpha value is -2.80. The molecule has 0 spiro atoms. The van der Waals surface area contributed by atoms with E-state index in [0.29, 0.717) is 11.1 Å². The van der Waals surface area contributed by atoms with E-state index in [1.165, 1.54) is 17.3 Å². The molecule has 0 saturated heterocycles. The van der Waals surface area contributed by atoms with Crippen LogP contribution in [0.25, 0.3) is 5.69 Å². The summed E-state index contributed by atoms with van der Waals surface area (Å²) in [5.41, 5.74) is 5.59. The van der Waals surface area contributed by atoms with Crippen LogP contribution < -0.4 is 11.0 Å². The van der Waals surface area contributed by atoms with E-state index >= 15 is 0 Å². The molecule has 0 radical (unpaired) electrons. The maximum atomic E-state index is 12.4. The first-order valence-corrected chi connectivity index (χ1v) is 10.5. The van der Waals surface area contributed by atoms with Gasteiger partial charge in [0.25, 0.3) is 0 Å². The van der Waals surface area contributed by atoms with Crippen molar-refractivity contribution in [1.29, 1.82) is 0 Å². The first-order valence-electron chi connectivity index (χ1n) is 9.54. The maximum Gasteiger partial charge on any atom is 0.348 e. The first kappa shape index (κ1) is 20.9. The van der Waals surface area contributed by atoms with Crippen LogP contribution in [0.3, 0.4) is 0 Å². The molecule has 0 aliphatic rings. The molecule has 3 aromatic rings. The molecule has 3 rings (SSSR count). The second-order valence-corrected chi connectivity index (χ2v) is 8.45. The predicted molar refractivity (Wildman–Crippen MR) is 118 cm³/mol. The number of amides is 1. The number of carbonyl (C=O) groups excluding carboxylic acids is 1. The number of benzene rings is 2. The van der Waals surface area contributed by atoms with Gasteiger partial charge in [0.2, 0.25) is 5.91 Å². The number of nitrogens with one attached hydrogen (secondary N) is 2. The molecule has 2 N–H and O–H groups in total. The van der Waals surface area contributed by atoms with Gasteiger partial charge in [-0.2, -0.15) is 0 Å². The molecule has 152 valence electrons. The monoisotopic (exact) mass is 410 g/mol. The summed E-state index contributed by atoms with van der Waals surface area (Å²) < 4.78 is 1.54. The van der Waals surface area contributed by atoms with Gasteiger partial charge in [0.15, 0.2) is 5.16 Å². The lowest BCUT2D eigenvalue weighted by Gasteiger charge is -2.13. The Balaban J connectivity index is 1.74. The van der Waals surface area contributed by atoms with Crippen LogP contribution in [0.5, 0.6) is 0 Å². The van der Waals surface area contributed by atoms with Crippen molar-refractivity contribution in [3.05, 3.63) is 69.1 Å². The molecule has 0 unspecified atom stereocenters. The van der Waals surface area contributed by atoms with Gasteiger partial charge in [0, 0.05) is 5.69 Å². The normalized spacial score (nSPS) is 11.1. The van der Waals surface area contributed by atoms with Crippen molar-refractivity contribution < 1.29 is 4.79 Å². The number of aryl methyl sites for hydroxylation is 3. The Kier molecular flexibility index (Phi) is 6.27. The van der Waals surface area contributed by atoms with Crippen LogP contribution in [0.15, 0.2) is 46.3 Å². The topological polar surface area (TPSA) is 79.8 Å². The summed E-state index contributed by atoms with van der Waals surface area (Å²) in [4.78, 5) is 24.8. The van der Waals surface area contributed by atoms with Gasteiger partial charge < -0.3 is 5.32 Å². The highest BCUT2D eigenvalue weighted by Gasteiger charge is 2.17. The SMILES string of the molecule is Cc1cc(C)c(-n2c(SCC(=O)Nc3ccc(C(C)C)cc3)n[nH]c2=O)c(C)c1. The third-order valence-corrected chi connectivity index (χ3v) is 5.63. The van der Waals surface area contributed by atoms with E-state index in [9.17, 15) is 9.59 Å². The summed E-state index contributed by atoms with van der Waals surface area (Å²) >= 11 is 1.23. The van der Waals surface area contributed by atoms with Gasteiger partial charge in [-0.1, -0.05) is 55.4 Å². The van der Waals surface area contributed by atoms with E-state index in [0.717, 1.165) is 28.1 Å². The third-order valence-electron chi connectivity index (χ3n) is 4.69. The predicted octanol–water partition coefficient (Wildman–Crippen LogP) is 4.34. The number of aromatic amines is 1. The summed E-state index contributed by atoms with van der Waals surface area (Å²) in [6.07, 6.45) is 0. The number of aromatic nitrogens is 3. The third kappa shape index (κ3) is 4.79. The summed E-state index contributed by atoms with van der Waals surface area (Å²) in [6, 6.07) is 11.9. The molecule has 29 heavy (non-hydrogen) atoms. The molecule has 1 aromatic heterocycles. The molecule has 2 aromatic carbocycles. The molecule has 1 heterocycles. The molecule has 0 aliphatic heterocycles. The number of anilines is 1. The molecule has 0 atom stereocenters. The lowest BCUT2D eigenvalue weighted by atomic mass is 10.0. The van der Waals surface area contributed by atoms with Gasteiger partial charge in [-0.25, -0.2) is 14.5 Å². The van der Waals surface area contributed by atoms with Crippen LogP contribution in [0, 0.1) is 20.8 Å². The van der Waals surface area contributed by atoms with E-state index in [4.69, 9.17) is 0 Å². The van der Waals surface area contributed by atoms with Gasteiger partial charge in [-0.05, 0) is 55.5 Å². The van der Waals surface area contributed by atoms with E-state index in [-0.39, 0.29) is 17.3 Å². The van der Waals surface area contributed by atoms with Crippen molar-refractivity contribution in [2.45, 2.75) is 45.7 Å². The van der Waals surface area contributed by atoms with Gasteiger partial charge in [0.05, 0.1) is 11.4 Å². The smallest absolute Gasteiger partial charge is 0.325 e. The minimum absolute atomic E-state index is 0.147. The second kappa shape index (κ2) is 8.69. The average Bonchev–Trinajstić information content (AvgIpc) is 3.00. The van der Waals surface area contributed by atoms with Crippen LogP contribution in [-0.4, -0.2) is 26.4 Å². The minimum Gasteiger partial charge on any atom is -0.325 e. The Labute approximate surface area is 174 Å². The first-order chi connectivity index (χ1) is 13.8. The van der Waals surface area contributed by atoms with Gasteiger partial charge in [0.1, 0.15) is 0 Å². The van der Waals surface area contributed by atoms with E-state index in [1.807, 2.05) is 57.2 Å². The molecular formula is C22H26N4O2S. The van der Waals surface area contributed by atoms with Crippen molar-refractivity contribution >= 4 is 23.4 Å². The number of hydrogen-bond acceptors (Lipinski definition) is 4. The molecule has 6 nitrogen and oxygen atoms in total. The zero-order valence-corrected chi connectivity index (χ0v) is 18.2. The lowest BCUT2D eigenvalue weighted by molar-refractivity contribution is -0.113. The standard InChI is InChI=1S/C22H26N4O2S/c1-13(2)17-6-8-18(9-7-17)23-19(27)12-29-22-25-24-21(28)26(22)20-15(4)10-14(3)11-16(20)5/h6-11,13H,12H2,1-5H3,(H,23,27)(H,24,28). The molecule has 0 aliphatic carbocycles. The number of H-pyrrole nitrogens is 1. The highest BCUT2D eigenvalue weighted by Crippen LogP contribution is 2.24. The van der Waals surface area contributed by atoms with Crippen LogP contribution >= 0.6 is 11.8 Å². The molecule has 0 bridgehead atoms. The van der Waals surface area contributed by atoms with Gasteiger partial charge >= 0.3 is 5.69 Å². The Morgan fingerprint density at radius 1 is 1.14 bits per heavy atom. The van der Waals surface area contributed by atoms with Crippen molar-refractivity contribution in [2.75, 3.05) is 11.1 Å². The number of carbonyl (C=O) groups is 1. The van der Waals surface area contributed by atoms with E-state index in [2.05, 4.69) is 29.4 Å². The quantitative estimate of drug-likeness (QED) is 0.593. The summed E-state index contributed by atoms with van der Waals surface area (Å²) in [5.74, 6) is 0.451. The Morgan fingerprint density at radius 2 is 1.76 bits per heavy atom. The fourth-order valence-corrected chi connectivity index (χ4v) is 4.13. The van der Waals surface area contributed by atoms with E-state index in [1.54, 1.807) is 4.57 Å².